The van der Waals surface area contributed by atoms with Gasteiger partial charge in [0.2, 0.25) is 0 Å². The van der Waals surface area contributed by atoms with Crippen LogP contribution in [0.15, 0.2) is 18.2 Å². The quantitative estimate of drug-likeness (QED) is 0.815. The Kier molecular flexibility index (Phi) is 3.27. The van der Waals surface area contributed by atoms with Crippen molar-refractivity contribution in [2.24, 2.45) is 0 Å². The molecule has 2 fully saturated rings. The highest BCUT2D eigenvalue weighted by Gasteiger charge is 2.27. The van der Waals surface area contributed by atoms with Gasteiger partial charge in [-0.2, -0.15) is 0 Å². The summed E-state index contributed by atoms with van der Waals surface area (Å²) in [6.07, 6.45) is -0.556. The largest absolute Gasteiger partial charge is 0.447 e. The minimum absolute atomic E-state index is 0.00181. The number of halogens is 1. The van der Waals surface area contributed by atoms with E-state index in [1.165, 1.54) is 21.9 Å². The maximum Gasteiger partial charge on any atom is 0.414 e. The first-order valence-electron chi connectivity index (χ1n) is 6.29. The lowest BCUT2D eigenvalue weighted by atomic mass is 10.2. The zero-order chi connectivity index (χ0) is 14.1. The summed E-state index contributed by atoms with van der Waals surface area (Å²) in [5.74, 6) is -0.760. The predicted octanol–water partition coefficient (Wildman–Crippen LogP) is 1.15. The number of ether oxygens (including phenoxy) is 2. The van der Waals surface area contributed by atoms with E-state index < -0.39 is 11.9 Å². The molecule has 2 aliphatic rings. The van der Waals surface area contributed by atoms with Crippen molar-refractivity contribution in [3.05, 3.63) is 24.0 Å². The van der Waals surface area contributed by atoms with E-state index in [0.717, 1.165) is 0 Å². The van der Waals surface area contributed by atoms with Gasteiger partial charge >= 0.3 is 6.09 Å². The Morgan fingerprint density at radius 3 is 2.55 bits per heavy atom. The first-order valence-corrected chi connectivity index (χ1v) is 6.29. The highest BCUT2D eigenvalue weighted by Crippen LogP contribution is 2.27. The number of benzene rings is 1. The van der Waals surface area contributed by atoms with Crippen LogP contribution in [0.5, 0.6) is 0 Å². The summed E-state index contributed by atoms with van der Waals surface area (Å²) in [7, 11) is 0. The third-order valence-electron chi connectivity index (χ3n) is 3.28. The summed E-state index contributed by atoms with van der Waals surface area (Å²) in [6, 6.07) is 4.36. The molecule has 2 amide bonds. The Balaban J connectivity index is 1.87. The van der Waals surface area contributed by atoms with E-state index in [0.29, 0.717) is 25.4 Å². The number of carbonyl (C=O) groups excluding carboxylic acids is 2. The fourth-order valence-corrected chi connectivity index (χ4v) is 2.29. The monoisotopic (exact) mass is 280 g/mol. The molecule has 0 unspecified atom stereocenters. The van der Waals surface area contributed by atoms with Crippen molar-refractivity contribution < 1.29 is 23.5 Å². The van der Waals surface area contributed by atoms with Crippen LogP contribution in [0.3, 0.4) is 0 Å². The SMILES string of the molecule is O=C1COCCN1c1ccc(N2CCOC2=O)c(F)c1. The standard InChI is InChI=1S/C13H13FN2O4/c14-10-7-9(15-3-5-19-8-12(15)17)1-2-11(10)16-4-6-20-13(16)18/h1-2,7H,3-6,8H2. The van der Waals surface area contributed by atoms with Crippen LogP contribution in [0, 0.1) is 5.82 Å². The molecule has 0 radical (unpaired) electrons. The topological polar surface area (TPSA) is 59.1 Å². The third-order valence-corrected chi connectivity index (χ3v) is 3.28. The summed E-state index contributed by atoms with van der Waals surface area (Å²) >= 11 is 0. The molecule has 1 aromatic rings. The average molecular weight is 280 g/mol. The van der Waals surface area contributed by atoms with Gasteiger partial charge in [-0.1, -0.05) is 0 Å². The van der Waals surface area contributed by atoms with Gasteiger partial charge in [-0.05, 0) is 18.2 Å². The van der Waals surface area contributed by atoms with Crippen LogP contribution in [-0.2, 0) is 14.3 Å². The van der Waals surface area contributed by atoms with E-state index in [-0.39, 0.29) is 24.8 Å². The number of nitrogens with zero attached hydrogens (tertiary/aromatic N) is 2. The van der Waals surface area contributed by atoms with Crippen LogP contribution in [0.25, 0.3) is 0 Å². The number of hydrogen-bond acceptors (Lipinski definition) is 4. The van der Waals surface area contributed by atoms with Crippen molar-refractivity contribution in [3.63, 3.8) is 0 Å². The van der Waals surface area contributed by atoms with E-state index >= 15 is 0 Å². The van der Waals surface area contributed by atoms with E-state index in [4.69, 9.17) is 9.47 Å². The molecule has 2 saturated heterocycles. The van der Waals surface area contributed by atoms with Gasteiger partial charge in [-0.3, -0.25) is 9.69 Å². The first-order chi connectivity index (χ1) is 9.66. The zero-order valence-electron chi connectivity index (χ0n) is 10.7. The number of cyclic esters (lactones) is 1. The Morgan fingerprint density at radius 1 is 1.10 bits per heavy atom. The number of amides is 2. The molecule has 0 atom stereocenters. The van der Waals surface area contributed by atoms with Gasteiger partial charge in [0.15, 0.2) is 0 Å². The van der Waals surface area contributed by atoms with Crippen molar-refractivity contribution in [2.75, 3.05) is 42.7 Å². The summed E-state index contributed by atoms with van der Waals surface area (Å²) in [4.78, 5) is 25.8. The molecule has 106 valence electrons. The first kappa shape index (κ1) is 12.9. The molecular weight excluding hydrogens is 267 g/mol. The number of anilines is 2. The van der Waals surface area contributed by atoms with E-state index in [1.807, 2.05) is 0 Å². The fourth-order valence-electron chi connectivity index (χ4n) is 2.29. The Labute approximate surface area is 114 Å². The van der Waals surface area contributed by atoms with Crippen LogP contribution >= 0.6 is 0 Å². The Bertz CT molecular complexity index is 563. The van der Waals surface area contributed by atoms with Crippen molar-refractivity contribution in [3.8, 4) is 0 Å². The molecule has 2 heterocycles. The second kappa shape index (κ2) is 5.09. The van der Waals surface area contributed by atoms with Gasteiger partial charge in [-0.15, -0.1) is 0 Å². The van der Waals surface area contributed by atoms with Gasteiger partial charge in [0.1, 0.15) is 19.0 Å². The molecule has 0 aliphatic carbocycles. The molecule has 7 heteroatoms. The molecule has 20 heavy (non-hydrogen) atoms. The lowest BCUT2D eigenvalue weighted by Crippen LogP contribution is -2.41. The van der Waals surface area contributed by atoms with Crippen molar-refractivity contribution in [1.82, 2.24) is 0 Å². The fraction of sp³-hybridized carbons (Fsp3) is 0.385. The van der Waals surface area contributed by atoms with Crippen molar-refractivity contribution in [2.45, 2.75) is 0 Å². The molecule has 2 aliphatic heterocycles. The van der Waals surface area contributed by atoms with Crippen LogP contribution in [0.4, 0.5) is 20.6 Å². The second-order valence-electron chi connectivity index (χ2n) is 4.50. The molecule has 0 aromatic heterocycles. The van der Waals surface area contributed by atoms with Gasteiger partial charge in [0, 0.05) is 12.2 Å². The Hall–Kier alpha value is -2.15. The second-order valence-corrected chi connectivity index (χ2v) is 4.50. The number of morpholine rings is 1. The number of hydrogen-bond donors (Lipinski definition) is 0. The van der Waals surface area contributed by atoms with Crippen LogP contribution < -0.4 is 9.80 Å². The van der Waals surface area contributed by atoms with Crippen molar-refractivity contribution >= 4 is 23.4 Å². The van der Waals surface area contributed by atoms with Gasteiger partial charge in [0.25, 0.3) is 5.91 Å². The lowest BCUT2D eigenvalue weighted by molar-refractivity contribution is -0.125. The molecule has 3 rings (SSSR count). The molecule has 1 aromatic carbocycles. The maximum absolute atomic E-state index is 14.1. The van der Waals surface area contributed by atoms with Crippen LogP contribution in [0.1, 0.15) is 0 Å². The van der Waals surface area contributed by atoms with Gasteiger partial charge in [0.05, 0.1) is 18.8 Å². The Morgan fingerprint density at radius 2 is 1.90 bits per heavy atom. The highest BCUT2D eigenvalue weighted by molar-refractivity contribution is 5.95. The summed E-state index contributed by atoms with van der Waals surface area (Å²) in [5, 5.41) is 0. The number of carbonyl (C=O) groups is 2. The molecule has 6 nitrogen and oxygen atoms in total. The average Bonchev–Trinajstić information content (AvgIpc) is 2.85. The van der Waals surface area contributed by atoms with E-state index in [9.17, 15) is 14.0 Å². The van der Waals surface area contributed by atoms with Gasteiger partial charge in [-0.25, -0.2) is 9.18 Å². The van der Waals surface area contributed by atoms with E-state index in [2.05, 4.69) is 0 Å². The highest BCUT2D eigenvalue weighted by atomic mass is 19.1. The molecule has 0 saturated carbocycles. The van der Waals surface area contributed by atoms with Crippen LogP contribution in [0.2, 0.25) is 0 Å². The summed E-state index contributed by atoms with van der Waals surface area (Å²) in [6.45, 7) is 1.40. The molecule has 0 bridgehead atoms. The summed E-state index contributed by atoms with van der Waals surface area (Å²) < 4.78 is 23.9. The number of rotatable bonds is 2. The molecule has 0 spiro atoms. The van der Waals surface area contributed by atoms with Crippen LogP contribution in [-0.4, -0.2) is 44.9 Å². The lowest BCUT2D eigenvalue weighted by Gasteiger charge is -2.27. The zero-order valence-corrected chi connectivity index (χ0v) is 10.7. The summed E-state index contributed by atoms with van der Waals surface area (Å²) in [5.41, 5.74) is 0.629. The van der Waals surface area contributed by atoms with Gasteiger partial charge < -0.3 is 14.4 Å². The third kappa shape index (κ3) is 2.20. The smallest absolute Gasteiger partial charge is 0.414 e. The minimum Gasteiger partial charge on any atom is -0.447 e. The van der Waals surface area contributed by atoms with E-state index in [1.54, 1.807) is 6.07 Å². The minimum atomic E-state index is -0.556. The maximum atomic E-state index is 14.1. The normalized spacial score (nSPS) is 19.4. The predicted molar refractivity (Wildman–Crippen MR) is 68.3 cm³/mol. The van der Waals surface area contributed by atoms with Crippen molar-refractivity contribution in [1.29, 1.82) is 0 Å². The molecule has 0 N–H and O–H groups in total. The molecular formula is C13H13FN2O4.